The Balaban J connectivity index is 0.00000372. The molecule has 0 atom stereocenters. The minimum Gasteiger partial charge on any atom is -0.509 e. The van der Waals surface area contributed by atoms with Crippen LogP contribution in [0.4, 0.5) is 11.4 Å². The molecule has 4 aromatic rings. The summed E-state index contributed by atoms with van der Waals surface area (Å²) in [6.07, 6.45) is 8.83. The third kappa shape index (κ3) is 5.19. The Hall–Kier alpha value is -3.95. The Kier molecular flexibility index (Phi) is 8.06. The molecule has 272 valence electrons. The minimum absolute atomic E-state index is 0. The molecule has 0 N–H and O–H groups in total. The molecule has 6 aliphatic rings. The monoisotopic (exact) mass is 879 g/mol. The number of fused-ring (bicyclic) bond motifs is 21. The van der Waals surface area contributed by atoms with Gasteiger partial charge in [0.1, 0.15) is 5.66 Å². The number of ether oxygens (including phenoxy) is 1. The van der Waals surface area contributed by atoms with Gasteiger partial charge in [0.25, 0.3) is 0 Å². The normalized spacial score (nSPS) is 19.7. The largest absolute Gasteiger partial charge is 4.00 e. The van der Waals surface area contributed by atoms with Crippen LogP contribution in [0, 0.1) is 25.5 Å². The molecule has 0 radical (unpaired) electrons. The number of anilines is 2. The molecule has 3 aliphatic heterocycles. The fourth-order valence-electron chi connectivity index (χ4n) is 9.51. The van der Waals surface area contributed by atoms with E-state index in [0.717, 1.165) is 37.1 Å². The fourth-order valence-corrected chi connectivity index (χ4v) is 9.51. The van der Waals surface area contributed by atoms with E-state index in [1.54, 1.807) is 0 Å². The topological polar surface area (TPSA) is 22.2 Å². The van der Waals surface area contributed by atoms with Gasteiger partial charge in [0.05, 0.1) is 0 Å². The van der Waals surface area contributed by atoms with Gasteiger partial charge in [-0.2, -0.15) is 12.1 Å². The van der Waals surface area contributed by atoms with E-state index < -0.39 is 5.66 Å². The zero-order valence-corrected chi connectivity index (χ0v) is 34.0. The number of rotatable bonds is 0. The van der Waals surface area contributed by atoms with Crippen molar-refractivity contribution in [2.45, 2.75) is 109 Å². The number of allylic oxidation sites excluding steroid dienone is 4. The standard InChI is InChI=1S/C47H48N4O.Pt/c1-45(2,3)31-21-23-39-37(25-31)38-26-32(46(4,5)6)22-24-40(38)47(39)50-29-48(41-17-7-9-19-43(41)50)33-13-11-15-35(27-33)52-36-16-12-14-34(28-36)49-30-51(47)44-20-10-8-18-42(44)49;/h11-16,21-26,29-30H,7-10,17-20H2,1-6H3;/q-4;+4. The van der Waals surface area contributed by atoms with Gasteiger partial charge in [-0.1, -0.05) is 77.9 Å². The molecular weight excluding hydrogens is 832 g/mol. The number of nitrogens with zero attached hydrogens (tertiary/aromatic N) is 4. The van der Waals surface area contributed by atoms with Crippen molar-refractivity contribution >= 4 is 11.4 Å². The first kappa shape index (κ1) is 34.8. The Labute approximate surface area is 330 Å². The van der Waals surface area contributed by atoms with E-state index in [1.165, 1.54) is 81.9 Å². The van der Waals surface area contributed by atoms with Crippen LogP contribution in [0.1, 0.15) is 115 Å². The van der Waals surface area contributed by atoms with Crippen molar-refractivity contribution in [3.05, 3.63) is 143 Å². The van der Waals surface area contributed by atoms with E-state index in [9.17, 15) is 0 Å². The van der Waals surface area contributed by atoms with Gasteiger partial charge in [-0.05, 0) is 84.5 Å². The number of hydrogen-bond acceptors (Lipinski definition) is 5. The molecule has 4 aromatic carbocycles. The molecule has 5 nitrogen and oxygen atoms in total. The number of benzene rings is 4. The van der Waals surface area contributed by atoms with E-state index in [2.05, 4.69) is 147 Å². The zero-order valence-electron chi connectivity index (χ0n) is 31.8. The van der Waals surface area contributed by atoms with Gasteiger partial charge >= 0.3 is 21.1 Å². The van der Waals surface area contributed by atoms with Gasteiger partial charge in [-0.3, -0.25) is 0 Å². The van der Waals surface area contributed by atoms with E-state index in [0.29, 0.717) is 11.5 Å². The zero-order chi connectivity index (χ0) is 35.6. The van der Waals surface area contributed by atoms with Crippen LogP contribution in [0.25, 0.3) is 11.1 Å². The van der Waals surface area contributed by atoms with Crippen LogP contribution in [-0.4, -0.2) is 9.80 Å². The Morgan fingerprint density at radius 2 is 0.981 bits per heavy atom. The SMILES string of the molecule is CC(C)(C)c1ccc2c(c1)-c1cc(C(C)(C)C)ccc1C21N2[CH-]N(C3=C2CCCC3)c2[c-]c(ccc2)Oc2[c-]c(ccc2)N2[CH-]N1C1=C2CCCC1.[Pt+4]. The fraction of sp³-hybridized carbons (Fsp3) is 0.362. The van der Waals surface area contributed by atoms with E-state index >= 15 is 0 Å². The maximum atomic E-state index is 6.50. The molecule has 10 rings (SSSR count). The molecule has 6 heteroatoms. The molecular formula is C47H48N4OPt. The number of hydrogen-bond donors (Lipinski definition) is 0. The van der Waals surface area contributed by atoms with Gasteiger partial charge in [0.15, 0.2) is 0 Å². The van der Waals surface area contributed by atoms with Gasteiger partial charge in [0, 0.05) is 45.4 Å². The third-order valence-corrected chi connectivity index (χ3v) is 12.2. The van der Waals surface area contributed by atoms with Crippen molar-refractivity contribution in [2.24, 2.45) is 0 Å². The van der Waals surface area contributed by atoms with Crippen molar-refractivity contribution in [3.63, 3.8) is 0 Å². The third-order valence-electron chi connectivity index (χ3n) is 12.2. The first-order valence-electron chi connectivity index (χ1n) is 19.4. The van der Waals surface area contributed by atoms with Gasteiger partial charge < -0.3 is 24.3 Å². The summed E-state index contributed by atoms with van der Waals surface area (Å²) in [5, 5.41) is 0. The maximum absolute atomic E-state index is 6.50. The summed E-state index contributed by atoms with van der Waals surface area (Å²) < 4.78 is 6.50. The van der Waals surface area contributed by atoms with E-state index in [4.69, 9.17) is 4.74 Å². The summed E-state index contributed by atoms with van der Waals surface area (Å²) in [4.78, 5) is 10.2. The second-order valence-electron chi connectivity index (χ2n) is 17.5. The molecule has 0 saturated carbocycles. The molecule has 1 spiro atoms. The van der Waals surface area contributed by atoms with Crippen molar-refractivity contribution in [3.8, 4) is 22.6 Å². The predicted molar refractivity (Wildman–Crippen MR) is 209 cm³/mol. The molecule has 3 aliphatic carbocycles. The summed E-state index contributed by atoms with van der Waals surface area (Å²) in [5.74, 6) is 1.40. The van der Waals surface area contributed by atoms with Crippen molar-refractivity contribution in [1.82, 2.24) is 9.80 Å². The van der Waals surface area contributed by atoms with Crippen LogP contribution >= 0.6 is 0 Å². The van der Waals surface area contributed by atoms with E-state index in [-0.39, 0.29) is 31.9 Å². The van der Waals surface area contributed by atoms with Crippen LogP contribution in [0.5, 0.6) is 11.5 Å². The van der Waals surface area contributed by atoms with Crippen LogP contribution < -0.4 is 14.5 Å². The van der Waals surface area contributed by atoms with Crippen molar-refractivity contribution < 1.29 is 25.8 Å². The van der Waals surface area contributed by atoms with Gasteiger partial charge in [-0.25, -0.2) is 0 Å². The summed E-state index contributed by atoms with van der Waals surface area (Å²) >= 11 is 0. The predicted octanol–water partition coefficient (Wildman–Crippen LogP) is 11.6. The van der Waals surface area contributed by atoms with E-state index in [1.807, 2.05) is 12.1 Å². The molecule has 0 amide bonds. The van der Waals surface area contributed by atoms with Crippen LogP contribution in [-0.2, 0) is 37.6 Å². The van der Waals surface area contributed by atoms with Crippen LogP contribution in [0.3, 0.4) is 0 Å². The maximum Gasteiger partial charge on any atom is 4.00 e. The molecule has 53 heavy (non-hydrogen) atoms. The Morgan fingerprint density at radius 1 is 0.566 bits per heavy atom. The van der Waals surface area contributed by atoms with Gasteiger partial charge in [-0.15, -0.1) is 61.1 Å². The summed E-state index contributed by atoms with van der Waals surface area (Å²) in [6, 6.07) is 34.7. The average molecular weight is 880 g/mol. The second kappa shape index (κ2) is 12.3. The first-order chi connectivity index (χ1) is 25.0. The molecule has 0 saturated heterocycles. The summed E-state index contributed by atoms with van der Waals surface area (Å²) in [5.41, 5.74) is 15.1. The molecule has 0 fully saturated rings. The molecule has 3 heterocycles. The summed E-state index contributed by atoms with van der Waals surface area (Å²) in [6.45, 7) is 18.8. The van der Waals surface area contributed by atoms with Crippen molar-refractivity contribution in [2.75, 3.05) is 9.80 Å². The second-order valence-corrected chi connectivity index (χ2v) is 17.5. The van der Waals surface area contributed by atoms with Crippen LogP contribution in [0.15, 0.2) is 95.6 Å². The smallest absolute Gasteiger partial charge is 0.509 e. The average Bonchev–Trinajstić information content (AvgIpc) is 3.80. The molecule has 8 bridgehead atoms. The van der Waals surface area contributed by atoms with Crippen molar-refractivity contribution in [1.29, 1.82) is 0 Å². The minimum atomic E-state index is -0.646. The summed E-state index contributed by atoms with van der Waals surface area (Å²) in [7, 11) is 0. The molecule has 0 aromatic heterocycles. The quantitative estimate of drug-likeness (QED) is 0.164. The first-order valence-corrected chi connectivity index (χ1v) is 19.4. The Bertz CT molecular complexity index is 2050. The Morgan fingerprint density at radius 3 is 1.40 bits per heavy atom. The molecule has 0 unspecified atom stereocenters. The van der Waals surface area contributed by atoms with Crippen LogP contribution in [0.2, 0.25) is 0 Å². The van der Waals surface area contributed by atoms with Gasteiger partial charge in [0.2, 0.25) is 0 Å².